The van der Waals surface area contributed by atoms with E-state index in [-0.39, 0.29) is 0 Å². The highest BCUT2D eigenvalue weighted by Gasteiger charge is 2.13. The second kappa shape index (κ2) is 6.77. The number of ether oxygens (including phenoxy) is 1. The molecule has 0 aliphatic heterocycles. The number of benzene rings is 1. The van der Waals surface area contributed by atoms with Crippen molar-refractivity contribution in [2.75, 3.05) is 13.7 Å². The van der Waals surface area contributed by atoms with Crippen LogP contribution in [0.2, 0.25) is 5.02 Å². The first-order valence-electron chi connectivity index (χ1n) is 5.79. The van der Waals surface area contributed by atoms with Crippen molar-refractivity contribution in [2.45, 2.75) is 32.7 Å². The number of rotatable bonds is 6. The smallest absolute Gasteiger partial charge is 0.125 e. The van der Waals surface area contributed by atoms with E-state index in [9.17, 15) is 0 Å². The van der Waals surface area contributed by atoms with Gasteiger partial charge in [-0.1, -0.05) is 31.5 Å². The number of methoxy groups -OCH3 is 1. The third-order valence-corrected chi connectivity index (χ3v) is 2.86. The molecule has 0 aliphatic carbocycles. The van der Waals surface area contributed by atoms with Gasteiger partial charge in [0.2, 0.25) is 0 Å². The number of hydrogen-bond donors (Lipinski definition) is 1. The second-order valence-corrected chi connectivity index (χ2v) is 4.24. The zero-order chi connectivity index (χ0) is 12.0. The highest BCUT2D eigenvalue weighted by Crippen LogP contribution is 2.29. The number of nitrogens with one attached hydrogen (secondary N) is 1. The van der Waals surface area contributed by atoms with Crippen LogP contribution in [0.5, 0.6) is 5.75 Å². The van der Waals surface area contributed by atoms with Gasteiger partial charge >= 0.3 is 0 Å². The summed E-state index contributed by atoms with van der Waals surface area (Å²) in [7, 11) is 1.68. The minimum Gasteiger partial charge on any atom is -0.496 e. The Morgan fingerprint density at radius 3 is 2.69 bits per heavy atom. The molecule has 1 atom stereocenters. The summed E-state index contributed by atoms with van der Waals surface area (Å²) in [6, 6.07) is 6.16. The van der Waals surface area contributed by atoms with Gasteiger partial charge in [-0.3, -0.25) is 0 Å². The Hall–Kier alpha value is -0.730. The summed E-state index contributed by atoms with van der Waals surface area (Å²) in [5.41, 5.74) is 1.18. The van der Waals surface area contributed by atoms with Crippen molar-refractivity contribution in [1.82, 2.24) is 5.32 Å². The Kier molecular flexibility index (Phi) is 5.64. The molecular formula is C13H20ClNO. The van der Waals surface area contributed by atoms with Gasteiger partial charge in [0, 0.05) is 16.6 Å². The lowest BCUT2D eigenvalue weighted by Gasteiger charge is -2.19. The Morgan fingerprint density at radius 2 is 2.12 bits per heavy atom. The van der Waals surface area contributed by atoms with E-state index in [0.717, 1.165) is 25.1 Å². The third kappa shape index (κ3) is 3.39. The van der Waals surface area contributed by atoms with Crippen LogP contribution in [0.3, 0.4) is 0 Å². The van der Waals surface area contributed by atoms with Gasteiger partial charge in [0.25, 0.3) is 0 Å². The Bertz CT molecular complexity index is 328. The Morgan fingerprint density at radius 1 is 1.38 bits per heavy atom. The molecule has 90 valence electrons. The van der Waals surface area contributed by atoms with Crippen LogP contribution >= 0.6 is 11.6 Å². The van der Waals surface area contributed by atoms with Gasteiger partial charge < -0.3 is 10.1 Å². The second-order valence-electron chi connectivity index (χ2n) is 3.80. The molecule has 1 unspecified atom stereocenters. The van der Waals surface area contributed by atoms with E-state index >= 15 is 0 Å². The first-order valence-corrected chi connectivity index (χ1v) is 6.17. The molecule has 0 bridgehead atoms. The van der Waals surface area contributed by atoms with Gasteiger partial charge in [0.05, 0.1) is 7.11 Å². The van der Waals surface area contributed by atoms with E-state index in [0.29, 0.717) is 11.1 Å². The molecule has 0 aliphatic rings. The average molecular weight is 242 g/mol. The molecule has 0 saturated carbocycles. The molecule has 0 heterocycles. The van der Waals surface area contributed by atoms with E-state index in [1.54, 1.807) is 7.11 Å². The van der Waals surface area contributed by atoms with Crippen LogP contribution in [0, 0.1) is 0 Å². The zero-order valence-electron chi connectivity index (χ0n) is 10.2. The van der Waals surface area contributed by atoms with E-state index in [1.807, 2.05) is 18.2 Å². The summed E-state index contributed by atoms with van der Waals surface area (Å²) in [5.74, 6) is 0.864. The van der Waals surface area contributed by atoms with Gasteiger partial charge in [0.15, 0.2) is 0 Å². The molecular weight excluding hydrogens is 222 g/mol. The fourth-order valence-electron chi connectivity index (χ4n) is 1.77. The maximum atomic E-state index is 5.95. The predicted octanol–water partition coefficient (Wildman–Crippen LogP) is 3.80. The van der Waals surface area contributed by atoms with Crippen LogP contribution in [0.15, 0.2) is 18.2 Å². The van der Waals surface area contributed by atoms with Crippen molar-refractivity contribution in [3.63, 3.8) is 0 Å². The summed E-state index contributed by atoms with van der Waals surface area (Å²) in [6.45, 7) is 5.35. The van der Waals surface area contributed by atoms with Crippen LogP contribution in [0.1, 0.15) is 38.3 Å². The van der Waals surface area contributed by atoms with Crippen LogP contribution in [-0.2, 0) is 0 Å². The third-order valence-electron chi connectivity index (χ3n) is 2.62. The molecule has 2 nitrogen and oxygen atoms in total. The fourth-order valence-corrected chi connectivity index (χ4v) is 1.93. The molecule has 3 heteroatoms. The normalized spacial score (nSPS) is 12.5. The van der Waals surface area contributed by atoms with Crippen LogP contribution in [0.25, 0.3) is 0 Å². The summed E-state index contributed by atoms with van der Waals surface area (Å²) < 4.78 is 5.36. The monoisotopic (exact) mass is 241 g/mol. The Balaban J connectivity index is 2.90. The zero-order valence-corrected chi connectivity index (χ0v) is 11.0. The summed E-state index contributed by atoms with van der Waals surface area (Å²) in [5, 5.41) is 4.22. The van der Waals surface area contributed by atoms with Crippen molar-refractivity contribution in [1.29, 1.82) is 0 Å². The highest BCUT2D eigenvalue weighted by molar-refractivity contribution is 6.30. The molecule has 0 saturated heterocycles. The maximum absolute atomic E-state index is 5.95. The Labute approximate surface area is 103 Å². The van der Waals surface area contributed by atoms with E-state index in [1.165, 1.54) is 5.56 Å². The van der Waals surface area contributed by atoms with E-state index < -0.39 is 0 Å². The molecule has 1 rings (SSSR count). The largest absolute Gasteiger partial charge is 0.496 e. The van der Waals surface area contributed by atoms with Crippen molar-refractivity contribution in [2.24, 2.45) is 0 Å². The average Bonchev–Trinajstić information content (AvgIpc) is 2.31. The van der Waals surface area contributed by atoms with Gasteiger partial charge in [-0.2, -0.15) is 0 Å². The minimum absolute atomic E-state index is 0.340. The lowest BCUT2D eigenvalue weighted by molar-refractivity contribution is 0.397. The highest BCUT2D eigenvalue weighted by atomic mass is 35.5. The van der Waals surface area contributed by atoms with Crippen LogP contribution < -0.4 is 10.1 Å². The topological polar surface area (TPSA) is 21.3 Å². The predicted molar refractivity (Wildman–Crippen MR) is 69.3 cm³/mol. The molecule has 0 radical (unpaired) electrons. The molecule has 1 aromatic rings. The van der Waals surface area contributed by atoms with Gasteiger partial charge in [-0.05, 0) is 31.5 Å². The minimum atomic E-state index is 0.340. The molecule has 0 aromatic heterocycles. The summed E-state index contributed by atoms with van der Waals surface area (Å²) >= 11 is 5.95. The summed E-state index contributed by atoms with van der Waals surface area (Å²) in [4.78, 5) is 0. The quantitative estimate of drug-likeness (QED) is 0.818. The van der Waals surface area contributed by atoms with E-state index in [2.05, 4.69) is 19.2 Å². The van der Waals surface area contributed by atoms with Crippen molar-refractivity contribution in [3.8, 4) is 5.75 Å². The molecule has 16 heavy (non-hydrogen) atoms. The lowest BCUT2D eigenvalue weighted by atomic mass is 10.0. The van der Waals surface area contributed by atoms with Gasteiger partial charge in [0.1, 0.15) is 5.75 Å². The molecule has 0 amide bonds. The fraction of sp³-hybridized carbons (Fsp3) is 0.538. The maximum Gasteiger partial charge on any atom is 0.125 e. The molecule has 1 N–H and O–H groups in total. The van der Waals surface area contributed by atoms with Gasteiger partial charge in [-0.15, -0.1) is 0 Å². The number of halogens is 1. The molecule has 0 fully saturated rings. The van der Waals surface area contributed by atoms with Crippen molar-refractivity contribution in [3.05, 3.63) is 28.8 Å². The van der Waals surface area contributed by atoms with Gasteiger partial charge in [-0.25, -0.2) is 0 Å². The molecule has 1 aromatic carbocycles. The van der Waals surface area contributed by atoms with Crippen LogP contribution in [0.4, 0.5) is 0 Å². The van der Waals surface area contributed by atoms with Crippen molar-refractivity contribution >= 4 is 11.6 Å². The first-order chi connectivity index (χ1) is 7.72. The first kappa shape index (κ1) is 13.3. The number of hydrogen-bond acceptors (Lipinski definition) is 2. The molecule has 0 spiro atoms. The van der Waals surface area contributed by atoms with Crippen LogP contribution in [-0.4, -0.2) is 13.7 Å². The van der Waals surface area contributed by atoms with Crippen molar-refractivity contribution < 1.29 is 4.74 Å². The van der Waals surface area contributed by atoms with E-state index in [4.69, 9.17) is 16.3 Å². The summed E-state index contributed by atoms with van der Waals surface area (Å²) in [6.07, 6.45) is 2.17. The lowest BCUT2D eigenvalue weighted by Crippen LogP contribution is -2.21. The standard InChI is InChI=1S/C13H20ClNO/c1-4-8-15-12(5-2)11-7-6-10(14)9-13(11)16-3/h6-7,9,12,15H,4-5,8H2,1-3H3. The SMILES string of the molecule is CCCNC(CC)c1ccc(Cl)cc1OC.